The van der Waals surface area contributed by atoms with Crippen molar-refractivity contribution in [2.45, 2.75) is 44.2 Å². The van der Waals surface area contributed by atoms with Crippen LogP contribution in [-0.2, 0) is 10.0 Å². The highest BCUT2D eigenvalue weighted by Crippen LogP contribution is 2.26. The minimum absolute atomic E-state index is 0.0504. The van der Waals surface area contributed by atoms with Crippen LogP contribution in [-0.4, -0.2) is 27.0 Å². The normalized spacial score (nSPS) is 13.1. The van der Waals surface area contributed by atoms with Gasteiger partial charge >= 0.3 is 0 Å². The SMILES string of the molecule is COc1ccc(C(=O)N[C@@H](C)c2ccc(F)cc2F)cc1S(=O)(=O)NC(C)(C)C. The van der Waals surface area contributed by atoms with E-state index in [-0.39, 0.29) is 21.8 Å². The molecule has 2 N–H and O–H groups in total. The number of ether oxygens (including phenoxy) is 1. The number of halogens is 2. The van der Waals surface area contributed by atoms with E-state index in [1.807, 2.05) is 0 Å². The van der Waals surface area contributed by atoms with Crippen molar-refractivity contribution in [1.29, 1.82) is 0 Å². The van der Waals surface area contributed by atoms with Crippen LogP contribution in [0.2, 0.25) is 0 Å². The molecule has 2 rings (SSSR count). The summed E-state index contributed by atoms with van der Waals surface area (Å²) >= 11 is 0. The maximum absolute atomic E-state index is 13.9. The first-order chi connectivity index (χ1) is 13.3. The molecule has 158 valence electrons. The highest BCUT2D eigenvalue weighted by Gasteiger charge is 2.27. The molecule has 1 amide bonds. The molecule has 2 aromatic carbocycles. The van der Waals surface area contributed by atoms with E-state index in [9.17, 15) is 22.0 Å². The third kappa shape index (κ3) is 5.74. The van der Waals surface area contributed by atoms with Crippen molar-refractivity contribution >= 4 is 15.9 Å². The quantitative estimate of drug-likeness (QED) is 0.740. The molecule has 0 spiro atoms. The van der Waals surface area contributed by atoms with Crippen molar-refractivity contribution < 1.29 is 26.7 Å². The summed E-state index contributed by atoms with van der Waals surface area (Å²) in [7, 11) is -2.64. The molecule has 29 heavy (non-hydrogen) atoms. The van der Waals surface area contributed by atoms with E-state index in [0.717, 1.165) is 12.1 Å². The highest BCUT2D eigenvalue weighted by atomic mass is 32.2. The van der Waals surface area contributed by atoms with Crippen LogP contribution in [0.3, 0.4) is 0 Å². The summed E-state index contributed by atoms with van der Waals surface area (Å²) in [5.41, 5.74) is -0.582. The molecular formula is C20H24F2N2O4S. The number of rotatable bonds is 6. The minimum atomic E-state index is -3.97. The Morgan fingerprint density at radius 3 is 2.31 bits per heavy atom. The van der Waals surface area contributed by atoms with Gasteiger partial charge in [-0.1, -0.05) is 6.07 Å². The van der Waals surface area contributed by atoms with Gasteiger partial charge in [-0.15, -0.1) is 0 Å². The van der Waals surface area contributed by atoms with Gasteiger partial charge in [0, 0.05) is 22.7 Å². The molecule has 9 heteroatoms. The summed E-state index contributed by atoms with van der Waals surface area (Å²) in [6, 6.07) is 6.26. The maximum atomic E-state index is 13.9. The standard InChI is InChI=1S/C20H24F2N2O4S/c1-12(15-8-7-14(21)11-16(15)22)23-19(25)13-6-9-17(28-5)18(10-13)29(26,27)24-20(2,3)4/h6-12,24H,1-5H3,(H,23,25)/t12-/m0/s1. The van der Waals surface area contributed by atoms with E-state index in [1.165, 1.54) is 38.3 Å². The van der Waals surface area contributed by atoms with Crippen LogP contribution in [0, 0.1) is 11.6 Å². The molecule has 6 nitrogen and oxygen atoms in total. The Labute approximate surface area is 169 Å². The predicted octanol–water partition coefficient (Wildman–Crippen LogP) is 3.54. The number of carbonyl (C=O) groups excluding carboxylic acids is 1. The van der Waals surface area contributed by atoms with Gasteiger partial charge in [-0.05, 0) is 52.0 Å². The van der Waals surface area contributed by atoms with Crippen LogP contribution in [0.5, 0.6) is 5.75 Å². The Morgan fingerprint density at radius 1 is 1.10 bits per heavy atom. The second-order valence-electron chi connectivity index (χ2n) is 7.58. The fourth-order valence-corrected chi connectivity index (χ4v) is 4.31. The summed E-state index contributed by atoms with van der Waals surface area (Å²) < 4.78 is 60.1. The molecule has 0 radical (unpaired) electrons. The third-order valence-corrected chi connectivity index (χ3v) is 5.71. The Balaban J connectivity index is 2.34. The number of methoxy groups -OCH3 is 1. The van der Waals surface area contributed by atoms with Crippen LogP contribution in [0.4, 0.5) is 8.78 Å². The molecule has 0 bridgehead atoms. The topological polar surface area (TPSA) is 84.5 Å². The van der Waals surface area contributed by atoms with Crippen LogP contribution < -0.4 is 14.8 Å². The van der Waals surface area contributed by atoms with Gasteiger partial charge in [-0.2, -0.15) is 0 Å². The van der Waals surface area contributed by atoms with Gasteiger partial charge in [0.1, 0.15) is 22.3 Å². The number of hydrogen-bond donors (Lipinski definition) is 2. The number of amides is 1. The van der Waals surface area contributed by atoms with Gasteiger partial charge in [0.25, 0.3) is 5.91 Å². The Hall–Kier alpha value is -2.52. The van der Waals surface area contributed by atoms with E-state index in [0.29, 0.717) is 0 Å². The minimum Gasteiger partial charge on any atom is -0.495 e. The zero-order valence-corrected chi connectivity index (χ0v) is 17.7. The lowest BCUT2D eigenvalue weighted by Gasteiger charge is -2.21. The number of hydrogen-bond acceptors (Lipinski definition) is 4. The number of sulfonamides is 1. The first-order valence-corrected chi connectivity index (χ1v) is 10.3. The lowest BCUT2D eigenvalue weighted by Crippen LogP contribution is -2.40. The first-order valence-electron chi connectivity index (χ1n) is 8.82. The molecule has 2 aromatic rings. The molecule has 0 aliphatic carbocycles. The van der Waals surface area contributed by atoms with Gasteiger partial charge in [-0.25, -0.2) is 21.9 Å². The number of benzene rings is 2. The highest BCUT2D eigenvalue weighted by molar-refractivity contribution is 7.89. The second kappa shape index (κ2) is 8.46. The maximum Gasteiger partial charge on any atom is 0.251 e. The molecule has 0 saturated heterocycles. The van der Waals surface area contributed by atoms with Crippen molar-refractivity contribution in [3.8, 4) is 5.75 Å². The molecule has 0 aliphatic rings. The van der Waals surface area contributed by atoms with E-state index in [1.54, 1.807) is 20.8 Å². The van der Waals surface area contributed by atoms with E-state index < -0.39 is 39.1 Å². The largest absolute Gasteiger partial charge is 0.495 e. The molecule has 0 heterocycles. The summed E-state index contributed by atoms with van der Waals surface area (Å²) in [5.74, 6) is -2.04. The summed E-state index contributed by atoms with van der Waals surface area (Å²) in [4.78, 5) is 12.4. The summed E-state index contributed by atoms with van der Waals surface area (Å²) in [6.07, 6.45) is 0. The van der Waals surface area contributed by atoms with Crippen LogP contribution in [0.1, 0.15) is 49.7 Å². The van der Waals surface area contributed by atoms with Gasteiger partial charge in [0.2, 0.25) is 10.0 Å². The van der Waals surface area contributed by atoms with Crippen molar-refractivity contribution in [2.24, 2.45) is 0 Å². The lowest BCUT2D eigenvalue weighted by atomic mass is 10.1. The fraction of sp³-hybridized carbons (Fsp3) is 0.350. The van der Waals surface area contributed by atoms with Crippen molar-refractivity contribution in [1.82, 2.24) is 10.0 Å². The number of carbonyl (C=O) groups is 1. The molecule has 0 unspecified atom stereocenters. The van der Waals surface area contributed by atoms with Gasteiger partial charge in [0.15, 0.2) is 0 Å². The monoisotopic (exact) mass is 426 g/mol. The molecular weight excluding hydrogens is 402 g/mol. The zero-order valence-electron chi connectivity index (χ0n) is 16.8. The second-order valence-corrected chi connectivity index (χ2v) is 9.23. The average Bonchev–Trinajstić information content (AvgIpc) is 2.58. The Morgan fingerprint density at radius 2 is 1.76 bits per heavy atom. The fourth-order valence-electron chi connectivity index (χ4n) is 2.70. The zero-order chi connectivity index (χ0) is 22.0. The van der Waals surface area contributed by atoms with Gasteiger partial charge in [0.05, 0.1) is 13.2 Å². The Bertz CT molecular complexity index is 1020. The van der Waals surface area contributed by atoms with E-state index in [2.05, 4.69) is 10.0 Å². The Kier molecular flexibility index (Phi) is 6.64. The smallest absolute Gasteiger partial charge is 0.251 e. The van der Waals surface area contributed by atoms with Gasteiger partial charge in [-0.3, -0.25) is 4.79 Å². The summed E-state index contributed by atoms with van der Waals surface area (Å²) in [6.45, 7) is 6.60. The van der Waals surface area contributed by atoms with E-state index >= 15 is 0 Å². The van der Waals surface area contributed by atoms with E-state index in [4.69, 9.17) is 4.74 Å². The van der Waals surface area contributed by atoms with Crippen LogP contribution in [0.15, 0.2) is 41.3 Å². The average molecular weight is 426 g/mol. The number of nitrogens with one attached hydrogen (secondary N) is 2. The third-order valence-electron chi connectivity index (χ3n) is 3.93. The van der Waals surface area contributed by atoms with Crippen LogP contribution >= 0.6 is 0 Å². The molecule has 1 atom stereocenters. The van der Waals surface area contributed by atoms with Crippen LogP contribution in [0.25, 0.3) is 0 Å². The predicted molar refractivity (Wildman–Crippen MR) is 105 cm³/mol. The molecule has 0 aromatic heterocycles. The first kappa shape index (κ1) is 22.8. The summed E-state index contributed by atoms with van der Waals surface area (Å²) in [5, 5.41) is 2.58. The molecule has 0 fully saturated rings. The van der Waals surface area contributed by atoms with Crippen molar-refractivity contribution in [2.75, 3.05) is 7.11 Å². The molecule has 0 saturated carbocycles. The molecule has 0 aliphatic heterocycles. The van der Waals surface area contributed by atoms with Crippen molar-refractivity contribution in [3.05, 3.63) is 59.2 Å². The van der Waals surface area contributed by atoms with Gasteiger partial charge < -0.3 is 10.1 Å². The van der Waals surface area contributed by atoms with Crippen molar-refractivity contribution in [3.63, 3.8) is 0 Å². The lowest BCUT2D eigenvalue weighted by molar-refractivity contribution is 0.0939.